The topological polar surface area (TPSA) is 52.5 Å². The van der Waals surface area contributed by atoms with Gasteiger partial charge in [0.2, 0.25) is 0 Å². The highest BCUT2D eigenvalue weighted by Gasteiger charge is 2.31. The number of hydrogen-bond acceptors (Lipinski definition) is 3. The van der Waals surface area contributed by atoms with Crippen molar-refractivity contribution in [3.63, 3.8) is 0 Å². The molecule has 1 fully saturated rings. The Morgan fingerprint density at radius 1 is 1.40 bits per heavy atom. The number of hydrogen-bond donors (Lipinski definition) is 3. The molecule has 0 heterocycles. The van der Waals surface area contributed by atoms with Crippen molar-refractivity contribution in [2.24, 2.45) is 0 Å². The zero-order chi connectivity index (χ0) is 7.61. The summed E-state index contributed by atoms with van der Waals surface area (Å²) in [5.74, 6) is 0. The van der Waals surface area contributed by atoms with Gasteiger partial charge in [-0.1, -0.05) is 0 Å². The maximum Gasteiger partial charge on any atom is 0.117 e. The van der Waals surface area contributed by atoms with E-state index in [1.807, 2.05) is 0 Å². The van der Waals surface area contributed by atoms with E-state index >= 15 is 0 Å². The smallest absolute Gasteiger partial charge is 0.117 e. The second-order valence-corrected chi connectivity index (χ2v) is 3.06. The number of aliphatic hydroxyl groups is 2. The lowest BCUT2D eigenvalue weighted by Gasteiger charge is -2.25. The lowest BCUT2D eigenvalue weighted by molar-refractivity contribution is -0.0357. The molecule has 0 spiro atoms. The number of rotatable bonds is 2. The Labute approximate surface area is 61.1 Å². The molecule has 0 amide bonds. The lowest BCUT2D eigenvalue weighted by Crippen LogP contribution is -2.47. The van der Waals surface area contributed by atoms with Crippen molar-refractivity contribution >= 4 is 0 Å². The van der Waals surface area contributed by atoms with Gasteiger partial charge in [0.1, 0.15) is 12.0 Å². The Balaban J connectivity index is 2.36. The summed E-state index contributed by atoms with van der Waals surface area (Å²) < 4.78 is 0. The van der Waals surface area contributed by atoms with Gasteiger partial charge in [0.05, 0.1) is 0 Å². The Bertz CT molecular complexity index is 108. The van der Waals surface area contributed by atoms with E-state index in [1.165, 1.54) is 0 Å². The first-order chi connectivity index (χ1) is 4.62. The molecule has 0 aromatic heterocycles. The van der Waals surface area contributed by atoms with Gasteiger partial charge in [-0.05, 0) is 32.6 Å². The van der Waals surface area contributed by atoms with Gasteiger partial charge in [0.25, 0.3) is 0 Å². The standard InChI is InChI=1S/C7H15NO2/c1-6(9)8-7(10)4-2-3-5-7/h6,8-10H,2-5H2,1H3. The number of nitrogens with one attached hydrogen (secondary N) is 1. The Morgan fingerprint density at radius 2 is 1.90 bits per heavy atom. The first-order valence-electron chi connectivity index (χ1n) is 3.80. The van der Waals surface area contributed by atoms with Crippen LogP contribution in [0.4, 0.5) is 0 Å². The van der Waals surface area contributed by atoms with Crippen LogP contribution in [0.3, 0.4) is 0 Å². The summed E-state index contributed by atoms with van der Waals surface area (Å²) in [6, 6.07) is 0. The normalized spacial score (nSPS) is 26.7. The second-order valence-electron chi connectivity index (χ2n) is 3.06. The van der Waals surface area contributed by atoms with Crippen LogP contribution in [0.5, 0.6) is 0 Å². The largest absolute Gasteiger partial charge is 0.379 e. The van der Waals surface area contributed by atoms with Crippen molar-refractivity contribution in [2.75, 3.05) is 0 Å². The molecule has 1 rings (SSSR count). The maximum atomic E-state index is 9.59. The molecule has 3 nitrogen and oxygen atoms in total. The molecule has 0 aromatic rings. The van der Waals surface area contributed by atoms with E-state index in [1.54, 1.807) is 6.92 Å². The fourth-order valence-corrected chi connectivity index (χ4v) is 1.49. The van der Waals surface area contributed by atoms with Crippen LogP contribution in [-0.4, -0.2) is 22.2 Å². The van der Waals surface area contributed by atoms with Gasteiger partial charge < -0.3 is 10.2 Å². The van der Waals surface area contributed by atoms with E-state index < -0.39 is 12.0 Å². The predicted molar refractivity (Wildman–Crippen MR) is 38.2 cm³/mol. The van der Waals surface area contributed by atoms with E-state index in [0.717, 1.165) is 25.7 Å². The monoisotopic (exact) mass is 145 g/mol. The van der Waals surface area contributed by atoms with Gasteiger partial charge in [-0.2, -0.15) is 0 Å². The predicted octanol–water partition coefficient (Wildman–Crippen LogP) is 0.177. The van der Waals surface area contributed by atoms with E-state index in [4.69, 9.17) is 5.11 Å². The molecule has 3 heteroatoms. The highest BCUT2D eigenvalue weighted by atomic mass is 16.3. The molecule has 3 N–H and O–H groups in total. The van der Waals surface area contributed by atoms with Crippen molar-refractivity contribution < 1.29 is 10.2 Å². The minimum Gasteiger partial charge on any atom is -0.379 e. The second kappa shape index (κ2) is 2.86. The van der Waals surface area contributed by atoms with Crippen LogP contribution in [0.2, 0.25) is 0 Å². The summed E-state index contributed by atoms with van der Waals surface area (Å²) in [6.45, 7) is 1.62. The summed E-state index contributed by atoms with van der Waals surface area (Å²) >= 11 is 0. The van der Waals surface area contributed by atoms with Crippen molar-refractivity contribution in [3.05, 3.63) is 0 Å². The third-order valence-corrected chi connectivity index (χ3v) is 1.91. The average molecular weight is 145 g/mol. The highest BCUT2D eigenvalue weighted by molar-refractivity contribution is 4.81. The van der Waals surface area contributed by atoms with Crippen LogP contribution < -0.4 is 5.32 Å². The summed E-state index contributed by atoms with van der Waals surface area (Å²) in [7, 11) is 0. The van der Waals surface area contributed by atoms with Gasteiger partial charge in [-0.3, -0.25) is 5.32 Å². The van der Waals surface area contributed by atoms with Gasteiger partial charge in [0.15, 0.2) is 0 Å². The molecule has 0 saturated heterocycles. The van der Waals surface area contributed by atoms with Gasteiger partial charge in [-0.25, -0.2) is 0 Å². The molecule has 10 heavy (non-hydrogen) atoms. The van der Waals surface area contributed by atoms with Crippen LogP contribution in [-0.2, 0) is 0 Å². The van der Waals surface area contributed by atoms with E-state index in [0.29, 0.717) is 0 Å². The van der Waals surface area contributed by atoms with Crippen LogP contribution in [0.15, 0.2) is 0 Å². The van der Waals surface area contributed by atoms with Crippen molar-refractivity contribution in [2.45, 2.75) is 44.6 Å². The molecule has 60 valence electrons. The van der Waals surface area contributed by atoms with E-state index in [-0.39, 0.29) is 0 Å². The lowest BCUT2D eigenvalue weighted by atomic mass is 10.2. The summed E-state index contributed by atoms with van der Waals surface area (Å²) in [6.07, 6.45) is 3.02. The molecule has 1 aliphatic rings. The SMILES string of the molecule is CC(O)NC1(O)CCCC1. The minimum atomic E-state index is -0.784. The van der Waals surface area contributed by atoms with Crippen molar-refractivity contribution in [1.29, 1.82) is 0 Å². The van der Waals surface area contributed by atoms with E-state index in [9.17, 15) is 5.11 Å². The molecule has 0 bridgehead atoms. The molecule has 0 aliphatic heterocycles. The maximum absolute atomic E-state index is 9.59. The van der Waals surface area contributed by atoms with Crippen LogP contribution in [0, 0.1) is 0 Å². The summed E-state index contributed by atoms with van der Waals surface area (Å²) in [5.41, 5.74) is -0.784. The molecule has 1 saturated carbocycles. The Hall–Kier alpha value is -0.120. The quantitative estimate of drug-likeness (QED) is 0.486. The average Bonchev–Trinajstić information content (AvgIpc) is 2.12. The molecular formula is C7H15NO2. The molecule has 1 atom stereocenters. The zero-order valence-electron chi connectivity index (χ0n) is 6.30. The first kappa shape index (κ1) is 7.98. The third-order valence-electron chi connectivity index (χ3n) is 1.91. The summed E-state index contributed by atoms with van der Waals surface area (Å²) in [5, 5.41) is 21.2. The Kier molecular flexibility index (Phi) is 2.28. The van der Waals surface area contributed by atoms with Gasteiger partial charge in [-0.15, -0.1) is 0 Å². The van der Waals surface area contributed by atoms with Crippen LogP contribution in [0.25, 0.3) is 0 Å². The molecule has 1 aliphatic carbocycles. The van der Waals surface area contributed by atoms with Gasteiger partial charge in [0, 0.05) is 0 Å². The van der Waals surface area contributed by atoms with E-state index in [2.05, 4.69) is 5.32 Å². The van der Waals surface area contributed by atoms with Crippen molar-refractivity contribution in [3.8, 4) is 0 Å². The minimum absolute atomic E-state index is 0.608. The third kappa shape index (κ3) is 1.94. The molecule has 0 radical (unpaired) electrons. The van der Waals surface area contributed by atoms with Gasteiger partial charge >= 0.3 is 0 Å². The van der Waals surface area contributed by atoms with Crippen molar-refractivity contribution in [1.82, 2.24) is 5.32 Å². The summed E-state index contributed by atoms with van der Waals surface area (Å²) in [4.78, 5) is 0. The highest BCUT2D eigenvalue weighted by Crippen LogP contribution is 2.26. The fraction of sp³-hybridized carbons (Fsp3) is 1.00. The Morgan fingerprint density at radius 3 is 2.30 bits per heavy atom. The molecule has 1 unspecified atom stereocenters. The zero-order valence-corrected chi connectivity index (χ0v) is 6.30. The molecular weight excluding hydrogens is 130 g/mol. The van der Waals surface area contributed by atoms with Crippen LogP contribution >= 0.6 is 0 Å². The molecule has 0 aromatic carbocycles. The fourth-order valence-electron chi connectivity index (χ4n) is 1.49. The first-order valence-corrected chi connectivity index (χ1v) is 3.80. The number of aliphatic hydroxyl groups excluding tert-OH is 1. The van der Waals surface area contributed by atoms with Crippen LogP contribution in [0.1, 0.15) is 32.6 Å².